The van der Waals surface area contributed by atoms with Crippen LogP contribution in [0.1, 0.15) is 21.5 Å². The van der Waals surface area contributed by atoms with Crippen molar-refractivity contribution in [3.63, 3.8) is 0 Å². The van der Waals surface area contributed by atoms with E-state index in [1.165, 1.54) is 0 Å². The van der Waals surface area contributed by atoms with E-state index in [0.717, 1.165) is 17.4 Å². The molecule has 0 bridgehead atoms. The largest absolute Gasteiger partial charge is 0.326 e. The van der Waals surface area contributed by atoms with Gasteiger partial charge in [0.1, 0.15) is 0 Å². The maximum atomic E-state index is 10.4. The SMILES string of the molecule is Cc1c[c]c(C=O)c(CN)c1. The molecule has 0 fully saturated rings. The van der Waals surface area contributed by atoms with Crippen LogP contribution in [0.4, 0.5) is 0 Å². The van der Waals surface area contributed by atoms with Gasteiger partial charge in [-0.3, -0.25) is 4.79 Å². The molecule has 0 aliphatic heterocycles. The molecule has 2 N–H and O–H groups in total. The maximum Gasteiger partial charge on any atom is 0.151 e. The molecular weight excluding hydrogens is 138 g/mol. The van der Waals surface area contributed by atoms with E-state index in [0.29, 0.717) is 12.1 Å². The van der Waals surface area contributed by atoms with Gasteiger partial charge in [-0.1, -0.05) is 17.7 Å². The standard InChI is InChI=1S/C9H10NO/c1-7-2-3-8(6-11)9(4-7)5-10/h2,4,6H,5,10H2,1H3. The Kier molecular flexibility index (Phi) is 2.39. The number of hydrogen-bond donors (Lipinski definition) is 1. The van der Waals surface area contributed by atoms with Crippen LogP contribution in [0.25, 0.3) is 0 Å². The molecule has 57 valence electrons. The lowest BCUT2D eigenvalue weighted by Crippen LogP contribution is -2.01. The third-order valence-corrected chi connectivity index (χ3v) is 1.54. The van der Waals surface area contributed by atoms with Crippen LogP contribution in [-0.4, -0.2) is 6.29 Å². The molecule has 0 heterocycles. The molecule has 2 heteroatoms. The van der Waals surface area contributed by atoms with Gasteiger partial charge in [0, 0.05) is 12.1 Å². The normalized spacial score (nSPS) is 9.64. The van der Waals surface area contributed by atoms with Gasteiger partial charge < -0.3 is 5.73 Å². The molecule has 1 radical (unpaired) electrons. The fourth-order valence-corrected chi connectivity index (χ4v) is 0.957. The van der Waals surface area contributed by atoms with Crippen LogP contribution in [0.5, 0.6) is 0 Å². The zero-order valence-electron chi connectivity index (χ0n) is 6.42. The van der Waals surface area contributed by atoms with Crippen molar-refractivity contribution in [2.24, 2.45) is 5.73 Å². The summed E-state index contributed by atoms with van der Waals surface area (Å²) in [4.78, 5) is 10.4. The lowest BCUT2D eigenvalue weighted by atomic mass is 10.1. The number of carbonyl (C=O) groups excluding carboxylic acids is 1. The minimum atomic E-state index is 0.395. The van der Waals surface area contributed by atoms with Crippen LogP contribution < -0.4 is 5.73 Å². The van der Waals surface area contributed by atoms with Gasteiger partial charge in [-0.2, -0.15) is 0 Å². The van der Waals surface area contributed by atoms with E-state index in [2.05, 4.69) is 6.07 Å². The van der Waals surface area contributed by atoms with Crippen LogP contribution in [0.2, 0.25) is 0 Å². The summed E-state index contributed by atoms with van der Waals surface area (Å²) in [7, 11) is 0. The average Bonchev–Trinajstić information content (AvgIpc) is 2.04. The number of aldehydes is 1. The Bertz CT molecular complexity index is 268. The predicted molar refractivity (Wildman–Crippen MR) is 43.3 cm³/mol. The molecule has 0 amide bonds. The van der Waals surface area contributed by atoms with Crippen LogP contribution in [0, 0.1) is 13.0 Å². The summed E-state index contributed by atoms with van der Waals surface area (Å²) >= 11 is 0. The first-order valence-corrected chi connectivity index (χ1v) is 3.44. The predicted octanol–water partition coefficient (Wildman–Crippen LogP) is 1.07. The van der Waals surface area contributed by atoms with E-state index >= 15 is 0 Å². The number of benzene rings is 1. The van der Waals surface area contributed by atoms with E-state index < -0.39 is 0 Å². The second-order valence-electron chi connectivity index (χ2n) is 2.44. The van der Waals surface area contributed by atoms with E-state index in [1.54, 1.807) is 6.07 Å². The first kappa shape index (κ1) is 7.95. The van der Waals surface area contributed by atoms with Crippen molar-refractivity contribution in [3.05, 3.63) is 34.9 Å². The summed E-state index contributed by atoms with van der Waals surface area (Å²) < 4.78 is 0. The van der Waals surface area contributed by atoms with E-state index in [4.69, 9.17) is 5.73 Å². The minimum Gasteiger partial charge on any atom is -0.326 e. The monoisotopic (exact) mass is 148 g/mol. The first-order valence-electron chi connectivity index (χ1n) is 3.44. The smallest absolute Gasteiger partial charge is 0.151 e. The van der Waals surface area contributed by atoms with Crippen LogP contribution in [-0.2, 0) is 6.54 Å². The van der Waals surface area contributed by atoms with Gasteiger partial charge in [0.2, 0.25) is 0 Å². The Labute approximate surface area is 66.0 Å². The van der Waals surface area contributed by atoms with Crippen molar-refractivity contribution in [2.75, 3.05) is 0 Å². The summed E-state index contributed by atoms with van der Waals surface area (Å²) in [5, 5.41) is 0. The number of carbonyl (C=O) groups is 1. The quantitative estimate of drug-likeness (QED) is 0.637. The molecule has 11 heavy (non-hydrogen) atoms. The van der Waals surface area contributed by atoms with Gasteiger partial charge in [0.05, 0.1) is 0 Å². The summed E-state index contributed by atoms with van der Waals surface area (Å²) in [5.74, 6) is 0. The Morgan fingerprint density at radius 2 is 2.45 bits per heavy atom. The Balaban J connectivity index is 3.16. The highest BCUT2D eigenvalue weighted by Gasteiger charge is 1.98. The van der Waals surface area contributed by atoms with Gasteiger partial charge in [-0.15, -0.1) is 0 Å². The number of hydrogen-bond acceptors (Lipinski definition) is 2. The fourth-order valence-electron chi connectivity index (χ4n) is 0.957. The fraction of sp³-hybridized carbons (Fsp3) is 0.222. The molecular formula is C9H10NO. The summed E-state index contributed by atoms with van der Waals surface area (Å²) in [6.45, 7) is 2.34. The molecule has 1 aromatic carbocycles. The van der Waals surface area contributed by atoms with Crippen molar-refractivity contribution in [3.8, 4) is 0 Å². The Hall–Kier alpha value is -1.15. The van der Waals surface area contributed by atoms with Crippen molar-refractivity contribution < 1.29 is 4.79 Å². The Morgan fingerprint density at radius 3 is 3.00 bits per heavy atom. The van der Waals surface area contributed by atoms with Crippen molar-refractivity contribution in [1.82, 2.24) is 0 Å². The second kappa shape index (κ2) is 3.30. The van der Waals surface area contributed by atoms with E-state index in [9.17, 15) is 4.79 Å². The van der Waals surface area contributed by atoms with Gasteiger partial charge in [-0.05, 0) is 18.6 Å². The van der Waals surface area contributed by atoms with E-state index in [1.807, 2.05) is 13.0 Å². The second-order valence-corrected chi connectivity index (χ2v) is 2.44. The summed E-state index contributed by atoms with van der Waals surface area (Å²) in [5.41, 5.74) is 7.92. The lowest BCUT2D eigenvalue weighted by Gasteiger charge is -2.00. The number of nitrogens with two attached hydrogens (primary N) is 1. The van der Waals surface area contributed by atoms with Crippen LogP contribution in [0.3, 0.4) is 0 Å². The van der Waals surface area contributed by atoms with Crippen LogP contribution >= 0.6 is 0 Å². The topological polar surface area (TPSA) is 43.1 Å². The molecule has 0 atom stereocenters. The highest BCUT2D eigenvalue weighted by Crippen LogP contribution is 2.07. The highest BCUT2D eigenvalue weighted by molar-refractivity contribution is 5.76. The molecule has 0 aliphatic carbocycles. The third kappa shape index (κ3) is 1.65. The number of aryl methyl sites for hydroxylation is 1. The molecule has 0 saturated carbocycles. The van der Waals surface area contributed by atoms with Gasteiger partial charge >= 0.3 is 0 Å². The lowest BCUT2D eigenvalue weighted by molar-refractivity contribution is 0.112. The average molecular weight is 148 g/mol. The molecule has 0 saturated heterocycles. The van der Waals surface area contributed by atoms with Crippen molar-refractivity contribution in [1.29, 1.82) is 0 Å². The van der Waals surface area contributed by atoms with E-state index in [-0.39, 0.29) is 0 Å². The van der Waals surface area contributed by atoms with Gasteiger partial charge in [-0.25, -0.2) is 0 Å². The maximum absolute atomic E-state index is 10.4. The third-order valence-electron chi connectivity index (χ3n) is 1.54. The zero-order valence-corrected chi connectivity index (χ0v) is 6.42. The van der Waals surface area contributed by atoms with Crippen molar-refractivity contribution >= 4 is 6.29 Å². The summed E-state index contributed by atoms with van der Waals surface area (Å²) in [6, 6.07) is 6.54. The molecule has 0 spiro atoms. The van der Waals surface area contributed by atoms with Crippen molar-refractivity contribution in [2.45, 2.75) is 13.5 Å². The molecule has 0 aliphatic rings. The minimum absolute atomic E-state index is 0.395. The summed E-state index contributed by atoms with van der Waals surface area (Å²) in [6.07, 6.45) is 0.779. The molecule has 1 aromatic rings. The highest BCUT2D eigenvalue weighted by atomic mass is 16.1. The van der Waals surface area contributed by atoms with Gasteiger partial charge in [0.15, 0.2) is 6.29 Å². The Morgan fingerprint density at radius 1 is 1.73 bits per heavy atom. The first-order chi connectivity index (χ1) is 5.27. The van der Waals surface area contributed by atoms with Gasteiger partial charge in [0.25, 0.3) is 0 Å². The molecule has 0 unspecified atom stereocenters. The molecule has 0 aromatic heterocycles. The van der Waals surface area contributed by atoms with Crippen LogP contribution in [0.15, 0.2) is 12.1 Å². The zero-order chi connectivity index (χ0) is 8.27. The number of rotatable bonds is 2. The molecule has 2 nitrogen and oxygen atoms in total. The molecule has 1 rings (SSSR count).